The predicted octanol–water partition coefficient (Wildman–Crippen LogP) is 1.11. The van der Waals surface area contributed by atoms with Crippen LogP contribution in [0.5, 0.6) is 5.75 Å². The highest BCUT2D eigenvalue weighted by atomic mass is 19.1. The van der Waals surface area contributed by atoms with E-state index in [1.807, 2.05) is 0 Å². The van der Waals surface area contributed by atoms with Crippen molar-refractivity contribution in [2.45, 2.75) is 20.3 Å². The van der Waals surface area contributed by atoms with E-state index in [0.29, 0.717) is 6.42 Å². The normalized spacial score (nSPS) is 10.4. The maximum atomic E-state index is 13.5. The topological polar surface area (TPSA) is 68.5 Å². The lowest BCUT2D eigenvalue weighted by atomic mass is 10.2. The van der Waals surface area contributed by atoms with Crippen molar-refractivity contribution in [3.05, 3.63) is 27.4 Å². The van der Waals surface area contributed by atoms with Gasteiger partial charge in [0.15, 0.2) is 17.1 Å². The minimum Gasteiger partial charge on any atom is -0.504 e. The molecule has 0 aromatic carbocycles. The van der Waals surface area contributed by atoms with Crippen LogP contribution in [0.2, 0.25) is 0 Å². The molecule has 0 bridgehead atoms. The molecule has 94 valence electrons. The number of hydrogen-bond acceptors (Lipinski definition) is 4. The van der Waals surface area contributed by atoms with E-state index < -0.39 is 28.7 Å². The summed E-state index contributed by atoms with van der Waals surface area (Å²) in [6.45, 7) is 3.22. The van der Waals surface area contributed by atoms with E-state index in [-0.39, 0.29) is 12.3 Å². The van der Waals surface area contributed by atoms with Crippen LogP contribution in [0, 0.1) is 12.7 Å². The Labute approximate surface area is 97.4 Å². The number of nitrogens with zero attached hydrogens (tertiary/aromatic N) is 1. The van der Waals surface area contributed by atoms with Gasteiger partial charge in [-0.25, -0.2) is 9.18 Å². The highest BCUT2D eigenvalue weighted by molar-refractivity contribution is 5.92. The summed E-state index contributed by atoms with van der Waals surface area (Å²) in [4.78, 5) is 23.2. The molecule has 0 amide bonds. The van der Waals surface area contributed by atoms with Crippen molar-refractivity contribution in [1.29, 1.82) is 0 Å². The summed E-state index contributed by atoms with van der Waals surface area (Å²) in [7, 11) is 1.32. The molecule has 0 radical (unpaired) electrons. The lowest BCUT2D eigenvalue weighted by Gasteiger charge is -2.10. The molecule has 1 heterocycles. The van der Waals surface area contributed by atoms with Crippen molar-refractivity contribution in [3.8, 4) is 5.75 Å². The fourth-order valence-corrected chi connectivity index (χ4v) is 1.30. The summed E-state index contributed by atoms with van der Waals surface area (Å²) in [5, 5.41) is 9.46. The molecule has 1 aromatic rings. The number of aromatic hydroxyl groups is 1. The van der Waals surface area contributed by atoms with Crippen LogP contribution < -0.4 is 5.56 Å². The van der Waals surface area contributed by atoms with Gasteiger partial charge in [0.2, 0.25) is 0 Å². The monoisotopic (exact) mass is 243 g/mol. The Morgan fingerprint density at radius 1 is 1.53 bits per heavy atom. The van der Waals surface area contributed by atoms with E-state index >= 15 is 0 Å². The molecule has 0 fully saturated rings. The summed E-state index contributed by atoms with van der Waals surface area (Å²) in [5.41, 5.74) is -1.48. The van der Waals surface area contributed by atoms with Crippen LogP contribution in [-0.4, -0.2) is 22.2 Å². The second kappa shape index (κ2) is 4.99. The van der Waals surface area contributed by atoms with E-state index in [1.165, 1.54) is 14.0 Å². The van der Waals surface area contributed by atoms with Gasteiger partial charge in [-0.3, -0.25) is 4.79 Å². The molecule has 0 atom stereocenters. The second-order valence-corrected chi connectivity index (χ2v) is 3.62. The third kappa shape index (κ3) is 2.30. The van der Waals surface area contributed by atoms with Crippen molar-refractivity contribution < 1.29 is 19.0 Å². The number of esters is 1. The van der Waals surface area contributed by atoms with Gasteiger partial charge in [-0.1, -0.05) is 6.92 Å². The average Bonchev–Trinajstić information content (AvgIpc) is 2.31. The van der Waals surface area contributed by atoms with Crippen molar-refractivity contribution in [3.63, 3.8) is 0 Å². The molecular weight excluding hydrogens is 229 g/mol. The Morgan fingerprint density at radius 3 is 2.65 bits per heavy atom. The molecule has 0 spiro atoms. The standard InChI is InChI=1S/C11H14FNO4/c1-4-5-17-11(16)7-9(14)8(12)6(2)13(3)10(7)15/h14H,4-5H2,1-3H3. The Hall–Kier alpha value is -1.85. The lowest BCUT2D eigenvalue weighted by Crippen LogP contribution is -2.28. The summed E-state index contributed by atoms with van der Waals surface area (Å²) in [6, 6.07) is 0. The number of carbonyl (C=O) groups is 1. The van der Waals surface area contributed by atoms with E-state index in [9.17, 15) is 19.1 Å². The van der Waals surface area contributed by atoms with Crippen molar-refractivity contribution in [1.82, 2.24) is 4.57 Å². The van der Waals surface area contributed by atoms with Gasteiger partial charge in [-0.2, -0.15) is 0 Å². The molecule has 0 saturated heterocycles. The first-order chi connectivity index (χ1) is 7.91. The number of ether oxygens (including phenoxy) is 1. The number of aromatic nitrogens is 1. The predicted molar refractivity (Wildman–Crippen MR) is 58.6 cm³/mol. The Bertz CT molecular complexity index is 507. The van der Waals surface area contributed by atoms with Gasteiger partial charge in [0.25, 0.3) is 5.56 Å². The maximum Gasteiger partial charge on any atom is 0.347 e. The first-order valence-corrected chi connectivity index (χ1v) is 5.17. The highest BCUT2D eigenvalue weighted by Gasteiger charge is 2.24. The highest BCUT2D eigenvalue weighted by Crippen LogP contribution is 2.21. The van der Waals surface area contributed by atoms with Gasteiger partial charge >= 0.3 is 5.97 Å². The number of pyridine rings is 1. The van der Waals surface area contributed by atoms with Crippen molar-refractivity contribution in [2.24, 2.45) is 7.05 Å². The summed E-state index contributed by atoms with van der Waals surface area (Å²) >= 11 is 0. The zero-order valence-electron chi connectivity index (χ0n) is 9.91. The molecule has 0 aliphatic carbocycles. The van der Waals surface area contributed by atoms with Gasteiger partial charge in [0.1, 0.15) is 0 Å². The fourth-order valence-electron chi connectivity index (χ4n) is 1.30. The molecule has 6 heteroatoms. The zero-order chi connectivity index (χ0) is 13.2. The number of hydrogen-bond donors (Lipinski definition) is 1. The largest absolute Gasteiger partial charge is 0.504 e. The van der Waals surface area contributed by atoms with Crippen LogP contribution >= 0.6 is 0 Å². The van der Waals surface area contributed by atoms with Crippen LogP contribution in [0.3, 0.4) is 0 Å². The average molecular weight is 243 g/mol. The van der Waals surface area contributed by atoms with Crippen LogP contribution in [0.25, 0.3) is 0 Å². The molecule has 1 aromatic heterocycles. The van der Waals surface area contributed by atoms with Gasteiger partial charge in [0, 0.05) is 7.05 Å². The number of halogens is 1. The fraction of sp³-hybridized carbons (Fsp3) is 0.455. The molecule has 0 unspecified atom stereocenters. The SMILES string of the molecule is CCCOC(=O)c1c(O)c(F)c(C)n(C)c1=O. The molecular formula is C11H14FNO4. The van der Waals surface area contributed by atoms with Gasteiger partial charge < -0.3 is 14.4 Å². The van der Waals surface area contributed by atoms with Gasteiger partial charge in [-0.05, 0) is 13.3 Å². The quantitative estimate of drug-likeness (QED) is 0.807. The van der Waals surface area contributed by atoms with Crippen molar-refractivity contribution >= 4 is 5.97 Å². The van der Waals surface area contributed by atoms with E-state index in [0.717, 1.165) is 4.57 Å². The van der Waals surface area contributed by atoms with Crippen LogP contribution in [0.4, 0.5) is 4.39 Å². The Balaban J connectivity index is 3.35. The van der Waals surface area contributed by atoms with Gasteiger partial charge in [0.05, 0.1) is 12.3 Å². The minimum absolute atomic E-state index is 0.0421. The van der Waals surface area contributed by atoms with Gasteiger partial charge in [-0.15, -0.1) is 0 Å². The molecule has 0 saturated carbocycles. The Morgan fingerprint density at radius 2 is 2.12 bits per heavy atom. The molecule has 5 nitrogen and oxygen atoms in total. The van der Waals surface area contributed by atoms with Crippen molar-refractivity contribution in [2.75, 3.05) is 6.61 Å². The van der Waals surface area contributed by atoms with E-state index in [4.69, 9.17) is 4.74 Å². The summed E-state index contributed by atoms with van der Waals surface area (Å²) in [5.74, 6) is -2.95. The lowest BCUT2D eigenvalue weighted by molar-refractivity contribution is 0.0497. The van der Waals surface area contributed by atoms with E-state index in [2.05, 4.69) is 0 Å². The van der Waals surface area contributed by atoms with Crippen LogP contribution in [-0.2, 0) is 11.8 Å². The third-order valence-corrected chi connectivity index (χ3v) is 2.43. The molecule has 0 aliphatic rings. The number of carbonyl (C=O) groups excluding carboxylic acids is 1. The second-order valence-electron chi connectivity index (χ2n) is 3.62. The van der Waals surface area contributed by atoms with Crippen LogP contribution in [0.15, 0.2) is 4.79 Å². The first-order valence-electron chi connectivity index (χ1n) is 5.17. The van der Waals surface area contributed by atoms with E-state index in [1.54, 1.807) is 6.92 Å². The summed E-state index contributed by atoms with van der Waals surface area (Å²) < 4.78 is 19.2. The first kappa shape index (κ1) is 13.2. The molecule has 1 rings (SSSR count). The molecule has 17 heavy (non-hydrogen) atoms. The Kier molecular flexibility index (Phi) is 3.88. The number of rotatable bonds is 3. The zero-order valence-corrected chi connectivity index (χ0v) is 9.91. The van der Waals surface area contributed by atoms with Crippen LogP contribution in [0.1, 0.15) is 29.4 Å². The third-order valence-electron chi connectivity index (χ3n) is 2.43. The maximum absolute atomic E-state index is 13.5. The minimum atomic E-state index is -1.01. The molecule has 1 N–H and O–H groups in total. The smallest absolute Gasteiger partial charge is 0.347 e. The molecule has 0 aliphatic heterocycles. The summed E-state index contributed by atoms with van der Waals surface area (Å²) in [6.07, 6.45) is 0.571.